The van der Waals surface area contributed by atoms with Crippen LogP contribution in [-0.4, -0.2) is 30.5 Å². The zero-order valence-corrected chi connectivity index (χ0v) is 14.5. The minimum Gasteiger partial charge on any atom is -0.451 e. The van der Waals surface area contributed by atoms with Crippen LogP contribution in [-0.2, 0) is 9.53 Å². The van der Waals surface area contributed by atoms with Crippen molar-refractivity contribution >= 4 is 40.2 Å². The lowest BCUT2D eigenvalue weighted by Crippen LogP contribution is -2.31. The van der Waals surface area contributed by atoms with Crippen LogP contribution < -0.4 is 4.90 Å². The molecule has 7 heteroatoms. The Morgan fingerprint density at radius 2 is 1.96 bits per heavy atom. The molecule has 0 unspecified atom stereocenters. The summed E-state index contributed by atoms with van der Waals surface area (Å²) in [6.45, 7) is -0.324. The summed E-state index contributed by atoms with van der Waals surface area (Å²) < 4.78 is 5.08. The Bertz CT molecular complexity index is 829. The molecule has 0 bridgehead atoms. The third-order valence-electron chi connectivity index (χ3n) is 3.33. The fourth-order valence-corrected chi connectivity index (χ4v) is 3.48. The van der Waals surface area contributed by atoms with Gasteiger partial charge in [0.15, 0.2) is 12.3 Å². The standard InChI is InChI=1S/C17H14N2O3S2/c1-19(13-5-3-2-4-6-13)15(20)9-22-17(21)14-11-24-16(18-14)12-7-8-23-10-12/h2-8,10-11H,9H2,1H3. The molecule has 2 aromatic heterocycles. The van der Waals surface area contributed by atoms with Crippen LogP contribution in [0.1, 0.15) is 10.5 Å². The maximum atomic E-state index is 12.1. The van der Waals surface area contributed by atoms with Gasteiger partial charge in [-0.25, -0.2) is 9.78 Å². The van der Waals surface area contributed by atoms with Gasteiger partial charge >= 0.3 is 5.97 Å². The van der Waals surface area contributed by atoms with Gasteiger partial charge in [-0.05, 0) is 23.6 Å². The molecule has 3 rings (SSSR count). The number of hydrogen-bond acceptors (Lipinski definition) is 6. The molecule has 0 atom stereocenters. The van der Waals surface area contributed by atoms with Crippen molar-refractivity contribution in [2.75, 3.05) is 18.6 Å². The first kappa shape index (κ1) is 16.4. The number of carbonyl (C=O) groups excluding carboxylic acids is 2. The molecule has 0 aliphatic heterocycles. The lowest BCUT2D eigenvalue weighted by Gasteiger charge is -2.16. The first-order chi connectivity index (χ1) is 11.6. The van der Waals surface area contributed by atoms with E-state index >= 15 is 0 Å². The molecular weight excluding hydrogens is 344 g/mol. The molecule has 3 aromatic rings. The van der Waals surface area contributed by atoms with Gasteiger partial charge in [0.05, 0.1) is 0 Å². The quantitative estimate of drug-likeness (QED) is 0.653. The van der Waals surface area contributed by atoms with Gasteiger partial charge < -0.3 is 9.64 Å². The topological polar surface area (TPSA) is 59.5 Å². The summed E-state index contributed by atoms with van der Waals surface area (Å²) in [6.07, 6.45) is 0. The van der Waals surface area contributed by atoms with Gasteiger partial charge in [0, 0.05) is 29.1 Å². The van der Waals surface area contributed by atoms with E-state index < -0.39 is 5.97 Å². The second-order valence-corrected chi connectivity index (χ2v) is 6.55. The van der Waals surface area contributed by atoms with Crippen LogP contribution in [0.4, 0.5) is 5.69 Å². The fourth-order valence-electron chi connectivity index (χ4n) is 1.98. The second-order valence-electron chi connectivity index (χ2n) is 4.91. The van der Waals surface area contributed by atoms with Crippen LogP contribution >= 0.6 is 22.7 Å². The molecular formula is C17H14N2O3S2. The number of nitrogens with zero attached hydrogens (tertiary/aromatic N) is 2. The maximum absolute atomic E-state index is 12.1. The van der Waals surface area contributed by atoms with Gasteiger partial charge in [0.1, 0.15) is 5.01 Å². The van der Waals surface area contributed by atoms with Crippen molar-refractivity contribution in [1.29, 1.82) is 0 Å². The summed E-state index contributed by atoms with van der Waals surface area (Å²) >= 11 is 2.94. The van der Waals surface area contributed by atoms with E-state index in [1.165, 1.54) is 16.2 Å². The highest BCUT2D eigenvalue weighted by molar-refractivity contribution is 7.14. The predicted molar refractivity (Wildman–Crippen MR) is 95.6 cm³/mol. The van der Waals surface area contributed by atoms with E-state index in [0.717, 1.165) is 16.3 Å². The zero-order chi connectivity index (χ0) is 16.9. The molecule has 0 aliphatic carbocycles. The highest BCUT2D eigenvalue weighted by atomic mass is 32.1. The van der Waals surface area contributed by atoms with Gasteiger partial charge in [0.2, 0.25) is 0 Å². The number of para-hydroxylation sites is 1. The summed E-state index contributed by atoms with van der Waals surface area (Å²) in [7, 11) is 1.64. The molecule has 0 N–H and O–H groups in total. The molecule has 0 radical (unpaired) electrons. The number of anilines is 1. The smallest absolute Gasteiger partial charge is 0.358 e. The van der Waals surface area contributed by atoms with E-state index in [0.29, 0.717) is 0 Å². The summed E-state index contributed by atoms with van der Waals surface area (Å²) in [5.41, 5.74) is 1.94. The van der Waals surface area contributed by atoms with Gasteiger partial charge in [-0.2, -0.15) is 11.3 Å². The number of esters is 1. The Hall–Kier alpha value is -2.51. The van der Waals surface area contributed by atoms with Crippen LogP contribution in [0.25, 0.3) is 10.6 Å². The van der Waals surface area contributed by atoms with Crippen LogP contribution in [0.2, 0.25) is 0 Å². The van der Waals surface area contributed by atoms with Crippen LogP contribution in [0, 0.1) is 0 Å². The number of thiazole rings is 1. The molecule has 1 amide bonds. The Morgan fingerprint density at radius 1 is 1.17 bits per heavy atom. The van der Waals surface area contributed by atoms with Crippen molar-refractivity contribution in [2.45, 2.75) is 0 Å². The summed E-state index contributed by atoms with van der Waals surface area (Å²) in [5, 5.41) is 6.32. The average Bonchev–Trinajstić information content (AvgIpc) is 3.30. The summed E-state index contributed by atoms with van der Waals surface area (Å²) in [5.74, 6) is -0.898. The number of likely N-dealkylation sites (N-methyl/N-ethyl adjacent to an activating group) is 1. The Balaban J connectivity index is 1.58. The van der Waals surface area contributed by atoms with E-state index in [1.807, 2.05) is 47.2 Å². The van der Waals surface area contributed by atoms with Gasteiger partial charge in [0.25, 0.3) is 5.91 Å². The van der Waals surface area contributed by atoms with E-state index in [4.69, 9.17) is 4.74 Å². The highest BCUT2D eigenvalue weighted by Gasteiger charge is 2.17. The van der Waals surface area contributed by atoms with Gasteiger partial charge in [-0.15, -0.1) is 11.3 Å². The Morgan fingerprint density at radius 3 is 2.67 bits per heavy atom. The molecule has 1 aromatic carbocycles. The number of hydrogen-bond donors (Lipinski definition) is 0. The predicted octanol–water partition coefficient (Wildman–Crippen LogP) is 3.69. The molecule has 0 spiro atoms. The van der Waals surface area contributed by atoms with Crippen LogP contribution in [0.15, 0.2) is 52.5 Å². The number of carbonyl (C=O) groups is 2. The molecule has 0 aliphatic rings. The first-order valence-corrected chi connectivity index (χ1v) is 8.94. The van der Waals surface area contributed by atoms with Crippen LogP contribution in [0.3, 0.4) is 0 Å². The average molecular weight is 358 g/mol. The van der Waals surface area contributed by atoms with E-state index in [2.05, 4.69) is 4.98 Å². The number of ether oxygens (including phenoxy) is 1. The van der Waals surface area contributed by atoms with Crippen molar-refractivity contribution < 1.29 is 14.3 Å². The van der Waals surface area contributed by atoms with Crippen molar-refractivity contribution in [3.8, 4) is 10.6 Å². The third-order valence-corrected chi connectivity index (χ3v) is 4.90. The number of benzene rings is 1. The van der Waals surface area contributed by atoms with Crippen molar-refractivity contribution in [3.63, 3.8) is 0 Å². The van der Waals surface area contributed by atoms with Gasteiger partial charge in [-0.1, -0.05) is 18.2 Å². The van der Waals surface area contributed by atoms with Gasteiger partial charge in [-0.3, -0.25) is 4.79 Å². The molecule has 24 heavy (non-hydrogen) atoms. The minimum atomic E-state index is -0.595. The number of amides is 1. The number of rotatable bonds is 5. The van der Waals surface area contributed by atoms with Crippen molar-refractivity contribution in [1.82, 2.24) is 4.98 Å². The van der Waals surface area contributed by atoms with Crippen molar-refractivity contribution in [3.05, 3.63) is 58.2 Å². The largest absolute Gasteiger partial charge is 0.451 e. The molecule has 5 nitrogen and oxygen atoms in total. The Kier molecular flexibility index (Phi) is 5.02. The second kappa shape index (κ2) is 7.37. The van der Waals surface area contributed by atoms with E-state index in [1.54, 1.807) is 23.8 Å². The zero-order valence-electron chi connectivity index (χ0n) is 12.8. The minimum absolute atomic E-state index is 0.219. The Labute approximate surface area is 147 Å². The van der Waals surface area contributed by atoms with E-state index in [-0.39, 0.29) is 18.2 Å². The van der Waals surface area contributed by atoms with Crippen molar-refractivity contribution in [2.24, 2.45) is 0 Å². The lowest BCUT2D eigenvalue weighted by atomic mass is 10.3. The number of thiophene rings is 1. The molecule has 0 saturated heterocycles. The molecule has 0 fully saturated rings. The fraction of sp³-hybridized carbons (Fsp3) is 0.118. The first-order valence-electron chi connectivity index (χ1n) is 7.12. The molecule has 0 saturated carbocycles. The van der Waals surface area contributed by atoms with E-state index in [9.17, 15) is 9.59 Å². The third kappa shape index (κ3) is 3.69. The number of aromatic nitrogens is 1. The summed E-state index contributed by atoms with van der Waals surface area (Å²) in [6, 6.07) is 11.1. The molecule has 2 heterocycles. The molecule has 122 valence electrons. The highest BCUT2D eigenvalue weighted by Crippen LogP contribution is 2.25. The SMILES string of the molecule is CN(C(=O)COC(=O)c1csc(-c2ccsc2)n1)c1ccccc1. The maximum Gasteiger partial charge on any atom is 0.358 e. The summed E-state index contributed by atoms with van der Waals surface area (Å²) in [4.78, 5) is 29.9. The lowest BCUT2D eigenvalue weighted by molar-refractivity contribution is -0.121. The monoisotopic (exact) mass is 358 g/mol. The normalized spacial score (nSPS) is 10.4. The van der Waals surface area contributed by atoms with Crippen LogP contribution in [0.5, 0.6) is 0 Å².